The highest BCUT2D eigenvalue weighted by atomic mass is 19.1. The number of benzene rings is 1. The summed E-state index contributed by atoms with van der Waals surface area (Å²) in [5, 5.41) is 0. The molecule has 0 bridgehead atoms. The molecule has 2 rings (SSSR count). The monoisotopic (exact) mass is 254 g/mol. The van der Waals surface area contributed by atoms with Gasteiger partial charge in [0.2, 0.25) is 0 Å². The van der Waals surface area contributed by atoms with Gasteiger partial charge in [-0.2, -0.15) is 0 Å². The number of halogens is 1. The zero-order valence-electron chi connectivity index (χ0n) is 10.2. The average Bonchev–Trinajstić information content (AvgIpc) is 2.40. The first kappa shape index (κ1) is 13.0. The first-order valence-corrected chi connectivity index (χ1v) is 6.10. The molecule has 1 saturated heterocycles. The number of quaternary nitrogens is 1. The van der Waals surface area contributed by atoms with Crippen molar-refractivity contribution in [2.24, 2.45) is 0 Å². The van der Waals surface area contributed by atoms with Gasteiger partial charge in [0, 0.05) is 0 Å². The van der Waals surface area contributed by atoms with E-state index in [4.69, 9.17) is 9.47 Å². The number of rotatable bonds is 4. The van der Waals surface area contributed by atoms with Gasteiger partial charge in [0.05, 0.1) is 18.8 Å². The Bertz CT molecular complexity index is 388. The predicted molar refractivity (Wildman–Crippen MR) is 63.1 cm³/mol. The van der Waals surface area contributed by atoms with E-state index in [0.717, 1.165) is 32.8 Å². The highest BCUT2D eigenvalue weighted by Gasteiger charge is 2.14. The minimum Gasteiger partial charge on any atom is -0.456 e. The average molecular weight is 254 g/mol. The molecule has 0 unspecified atom stereocenters. The summed E-state index contributed by atoms with van der Waals surface area (Å²) >= 11 is 0. The lowest BCUT2D eigenvalue weighted by Crippen LogP contribution is -3.14. The Morgan fingerprint density at radius 3 is 2.61 bits per heavy atom. The van der Waals surface area contributed by atoms with Crippen LogP contribution in [0, 0.1) is 5.82 Å². The largest absolute Gasteiger partial charge is 0.456 e. The van der Waals surface area contributed by atoms with Crippen LogP contribution in [-0.4, -0.2) is 45.4 Å². The summed E-state index contributed by atoms with van der Waals surface area (Å²) in [7, 11) is 0. The molecule has 1 aromatic carbocycles. The summed E-state index contributed by atoms with van der Waals surface area (Å²) in [6.45, 7) is 4.60. The second-order valence-corrected chi connectivity index (χ2v) is 4.26. The van der Waals surface area contributed by atoms with Gasteiger partial charge in [-0.15, -0.1) is 0 Å². The normalized spacial score (nSPS) is 16.5. The number of morpholine rings is 1. The van der Waals surface area contributed by atoms with Crippen molar-refractivity contribution in [2.45, 2.75) is 0 Å². The number of esters is 1. The Balaban J connectivity index is 1.72. The van der Waals surface area contributed by atoms with Crippen molar-refractivity contribution < 1.29 is 23.6 Å². The quantitative estimate of drug-likeness (QED) is 0.763. The number of ether oxygens (including phenoxy) is 2. The highest BCUT2D eigenvalue weighted by molar-refractivity contribution is 5.89. The third-order valence-electron chi connectivity index (χ3n) is 2.97. The first-order valence-electron chi connectivity index (χ1n) is 6.10. The molecule has 0 saturated carbocycles. The van der Waals surface area contributed by atoms with Crippen LogP contribution in [0.1, 0.15) is 10.4 Å². The molecule has 1 fully saturated rings. The highest BCUT2D eigenvalue weighted by Crippen LogP contribution is 2.03. The van der Waals surface area contributed by atoms with Crippen molar-refractivity contribution in [3.8, 4) is 0 Å². The zero-order chi connectivity index (χ0) is 12.8. The Labute approximate surface area is 105 Å². The van der Waals surface area contributed by atoms with Crippen molar-refractivity contribution in [3.63, 3.8) is 0 Å². The maximum atomic E-state index is 12.7. The SMILES string of the molecule is O=C(OCC[NH+]1CCOCC1)c1ccc(F)cc1. The van der Waals surface area contributed by atoms with Crippen LogP contribution in [0.4, 0.5) is 4.39 Å². The van der Waals surface area contributed by atoms with Crippen LogP contribution in [0.25, 0.3) is 0 Å². The number of hydrogen-bond donors (Lipinski definition) is 1. The molecule has 0 aliphatic carbocycles. The number of hydrogen-bond acceptors (Lipinski definition) is 3. The zero-order valence-corrected chi connectivity index (χ0v) is 10.2. The molecular weight excluding hydrogens is 237 g/mol. The summed E-state index contributed by atoms with van der Waals surface area (Å²) in [5.74, 6) is -0.757. The molecule has 1 aliphatic heterocycles. The smallest absolute Gasteiger partial charge is 0.338 e. The number of nitrogens with one attached hydrogen (secondary N) is 1. The summed E-state index contributed by atoms with van der Waals surface area (Å²) in [4.78, 5) is 13.0. The molecular formula is C13H17FNO3+. The van der Waals surface area contributed by atoms with Crippen LogP contribution >= 0.6 is 0 Å². The topological polar surface area (TPSA) is 40.0 Å². The molecule has 1 aliphatic rings. The van der Waals surface area contributed by atoms with E-state index in [0.29, 0.717) is 12.2 Å². The van der Waals surface area contributed by atoms with Gasteiger partial charge < -0.3 is 14.4 Å². The lowest BCUT2D eigenvalue weighted by Gasteiger charge is -2.23. The molecule has 98 valence electrons. The number of carbonyl (C=O) groups excluding carboxylic acids is 1. The fraction of sp³-hybridized carbons (Fsp3) is 0.462. The Morgan fingerprint density at radius 1 is 1.28 bits per heavy atom. The molecule has 0 radical (unpaired) electrons. The number of carbonyl (C=O) groups is 1. The maximum Gasteiger partial charge on any atom is 0.338 e. The summed E-state index contributed by atoms with van der Waals surface area (Å²) in [6.07, 6.45) is 0. The third kappa shape index (κ3) is 3.78. The van der Waals surface area contributed by atoms with E-state index in [-0.39, 0.29) is 5.82 Å². The molecule has 0 amide bonds. The Hall–Kier alpha value is -1.46. The summed E-state index contributed by atoms with van der Waals surface area (Å²) < 4.78 is 23.1. The van der Waals surface area contributed by atoms with Gasteiger partial charge in [-0.1, -0.05) is 0 Å². The maximum absolute atomic E-state index is 12.7. The summed E-state index contributed by atoms with van der Waals surface area (Å²) in [5.41, 5.74) is 0.383. The van der Waals surface area contributed by atoms with Crippen LogP contribution in [0.5, 0.6) is 0 Å². The molecule has 0 atom stereocenters. The lowest BCUT2D eigenvalue weighted by atomic mass is 10.2. The van der Waals surface area contributed by atoms with Crippen molar-refractivity contribution in [1.82, 2.24) is 0 Å². The van der Waals surface area contributed by atoms with Crippen molar-refractivity contribution in [2.75, 3.05) is 39.5 Å². The van der Waals surface area contributed by atoms with Crippen molar-refractivity contribution in [3.05, 3.63) is 35.6 Å². The molecule has 5 heteroatoms. The van der Waals surface area contributed by atoms with Gasteiger partial charge in [0.25, 0.3) is 0 Å². The van der Waals surface area contributed by atoms with E-state index >= 15 is 0 Å². The summed E-state index contributed by atoms with van der Waals surface area (Å²) in [6, 6.07) is 5.37. The van der Waals surface area contributed by atoms with Crippen LogP contribution < -0.4 is 4.90 Å². The predicted octanol–water partition coefficient (Wildman–Crippen LogP) is -0.102. The van der Waals surface area contributed by atoms with Crippen LogP contribution in [0.15, 0.2) is 24.3 Å². The molecule has 1 heterocycles. The van der Waals surface area contributed by atoms with Crippen molar-refractivity contribution in [1.29, 1.82) is 0 Å². The molecule has 18 heavy (non-hydrogen) atoms. The van der Waals surface area contributed by atoms with Gasteiger partial charge in [0.15, 0.2) is 0 Å². The molecule has 1 N–H and O–H groups in total. The van der Waals surface area contributed by atoms with Crippen LogP contribution in [0.2, 0.25) is 0 Å². The second-order valence-electron chi connectivity index (χ2n) is 4.26. The van der Waals surface area contributed by atoms with E-state index in [2.05, 4.69) is 0 Å². The molecule has 0 aromatic heterocycles. The van der Waals surface area contributed by atoms with Gasteiger partial charge >= 0.3 is 5.97 Å². The van der Waals surface area contributed by atoms with E-state index in [1.54, 1.807) is 0 Å². The van der Waals surface area contributed by atoms with Gasteiger partial charge in [-0.3, -0.25) is 0 Å². The van der Waals surface area contributed by atoms with Crippen LogP contribution in [0.3, 0.4) is 0 Å². The molecule has 4 nitrogen and oxygen atoms in total. The fourth-order valence-electron chi connectivity index (χ4n) is 1.87. The Kier molecular flexibility index (Phi) is 4.66. The lowest BCUT2D eigenvalue weighted by molar-refractivity contribution is -0.908. The minimum atomic E-state index is -0.400. The second kappa shape index (κ2) is 6.47. The third-order valence-corrected chi connectivity index (χ3v) is 2.97. The molecule has 0 spiro atoms. The molecule has 1 aromatic rings. The fourth-order valence-corrected chi connectivity index (χ4v) is 1.87. The first-order chi connectivity index (χ1) is 8.75. The van der Waals surface area contributed by atoms with Gasteiger partial charge in [0.1, 0.15) is 32.1 Å². The van der Waals surface area contributed by atoms with E-state index in [9.17, 15) is 9.18 Å². The van der Waals surface area contributed by atoms with E-state index < -0.39 is 5.97 Å². The standard InChI is InChI=1S/C13H16FNO3/c14-12-3-1-11(2-4-12)13(16)18-10-7-15-5-8-17-9-6-15/h1-4H,5-10H2/p+1. The van der Waals surface area contributed by atoms with Gasteiger partial charge in [-0.25, -0.2) is 9.18 Å². The van der Waals surface area contributed by atoms with Crippen molar-refractivity contribution >= 4 is 5.97 Å². The van der Waals surface area contributed by atoms with Gasteiger partial charge in [-0.05, 0) is 24.3 Å². The van der Waals surface area contributed by atoms with Crippen LogP contribution in [-0.2, 0) is 9.47 Å². The van der Waals surface area contributed by atoms with E-state index in [1.807, 2.05) is 0 Å². The minimum absolute atomic E-state index is 0.357. The van der Waals surface area contributed by atoms with E-state index in [1.165, 1.54) is 29.2 Å². The Morgan fingerprint density at radius 2 is 1.94 bits per heavy atom.